The summed E-state index contributed by atoms with van der Waals surface area (Å²) in [4.78, 5) is 0.199. The van der Waals surface area contributed by atoms with E-state index in [1.165, 1.54) is 26.4 Å². The molecule has 0 aromatic heterocycles. The molecule has 8 heteroatoms. The molecule has 3 saturated carbocycles. The van der Waals surface area contributed by atoms with Gasteiger partial charge in [0.25, 0.3) is 0 Å². The third-order valence-corrected chi connectivity index (χ3v) is 8.58. The summed E-state index contributed by atoms with van der Waals surface area (Å²) < 4.78 is 35.3. The molecule has 4 rings (SSSR count). The Labute approximate surface area is 173 Å². The van der Waals surface area contributed by atoms with Gasteiger partial charge in [-0.15, -0.1) is 0 Å². The van der Waals surface area contributed by atoms with Crippen LogP contribution in [0.5, 0.6) is 5.75 Å². The Balaban J connectivity index is 1.73. The van der Waals surface area contributed by atoms with Crippen LogP contribution in [0.2, 0.25) is 0 Å². The topological polar surface area (TPSA) is 67.4 Å². The fraction of sp³-hybridized carbons (Fsp3) is 0.667. The summed E-state index contributed by atoms with van der Waals surface area (Å²) in [5.41, 5.74) is 0.294. The number of unbranched alkanes of at least 4 members (excludes halogenated alkanes) is 1. The molecule has 5 nitrogen and oxygen atoms in total. The van der Waals surface area contributed by atoms with Gasteiger partial charge < -0.3 is 10.1 Å². The number of halogens is 2. The first kappa shape index (κ1) is 20.6. The average molecular weight is 510 g/mol. The maximum Gasteiger partial charge on any atom is 0.242 e. The highest BCUT2D eigenvalue weighted by atomic mass is 79.9. The van der Waals surface area contributed by atoms with Gasteiger partial charge in [0.05, 0.1) is 16.5 Å². The van der Waals surface area contributed by atoms with Gasteiger partial charge in [-0.1, -0.05) is 19.8 Å². The Morgan fingerprint density at radius 3 is 2.50 bits per heavy atom. The molecule has 0 amide bonds. The lowest BCUT2D eigenvalue weighted by molar-refractivity contribution is -0.0514. The molecule has 1 aromatic rings. The lowest BCUT2D eigenvalue weighted by Crippen LogP contribution is -2.68. The van der Waals surface area contributed by atoms with Crippen LogP contribution >= 0.6 is 31.9 Å². The van der Waals surface area contributed by atoms with Crippen LogP contribution in [0.25, 0.3) is 0 Å². The Morgan fingerprint density at radius 1 is 1.27 bits per heavy atom. The number of rotatable bonds is 10. The van der Waals surface area contributed by atoms with E-state index in [0.29, 0.717) is 26.8 Å². The number of hydrogen-bond acceptors (Lipinski definition) is 4. The van der Waals surface area contributed by atoms with Gasteiger partial charge in [0, 0.05) is 28.7 Å². The van der Waals surface area contributed by atoms with E-state index < -0.39 is 10.0 Å². The zero-order valence-electron chi connectivity index (χ0n) is 15.1. The zero-order chi connectivity index (χ0) is 18.9. The third-order valence-electron chi connectivity index (χ3n) is 5.49. The van der Waals surface area contributed by atoms with Crippen molar-refractivity contribution in [3.63, 3.8) is 0 Å². The summed E-state index contributed by atoms with van der Waals surface area (Å²) in [6, 6.07) is 3.13. The van der Waals surface area contributed by atoms with Crippen LogP contribution in [0, 0.1) is 5.92 Å². The predicted octanol–water partition coefficient (Wildman–Crippen LogP) is 4.20. The Morgan fingerprint density at radius 2 is 1.96 bits per heavy atom. The van der Waals surface area contributed by atoms with E-state index in [1.54, 1.807) is 12.1 Å². The first-order valence-corrected chi connectivity index (χ1v) is 12.2. The van der Waals surface area contributed by atoms with Crippen LogP contribution in [0.15, 0.2) is 26.0 Å². The highest BCUT2D eigenvalue weighted by Gasteiger charge is 2.56. The molecule has 1 unspecified atom stereocenters. The number of sulfonamides is 1. The molecule has 0 aliphatic heterocycles. The number of nitrogens with one attached hydrogen (secondary N) is 2. The molecule has 2 bridgehead atoms. The molecule has 0 saturated heterocycles. The van der Waals surface area contributed by atoms with E-state index in [0.717, 1.165) is 25.2 Å². The van der Waals surface area contributed by atoms with Gasteiger partial charge in [-0.2, -0.15) is 0 Å². The zero-order valence-corrected chi connectivity index (χ0v) is 19.1. The van der Waals surface area contributed by atoms with E-state index >= 15 is 0 Å². The second-order valence-electron chi connectivity index (χ2n) is 7.52. The number of ether oxygens (including phenoxy) is 1. The van der Waals surface area contributed by atoms with Gasteiger partial charge in [0.1, 0.15) is 5.75 Å². The van der Waals surface area contributed by atoms with Gasteiger partial charge in [0.2, 0.25) is 10.0 Å². The van der Waals surface area contributed by atoms with Crippen molar-refractivity contribution in [3.05, 3.63) is 21.1 Å². The van der Waals surface area contributed by atoms with Crippen molar-refractivity contribution in [2.24, 2.45) is 5.92 Å². The van der Waals surface area contributed by atoms with Gasteiger partial charge in [0.15, 0.2) is 0 Å². The van der Waals surface area contributed by atoms with Crippen LogP contribution in [0.4, 0.5) is 0 Å². The molecular formula is C18H26Br2N2O3S. The van der Waals surface area contributed by atoms with Crippen LogP contribution < -0.4 is 14.8 Å². The van der Waals surface area contributed by atoms with Crippen molar-refractivity contribution in [2.45, 2.75) is 61.9 Å². The SMILES string of the molecule is CCCCC(CNC12CC(C1)C2)NS(=O)(=O)c1cc(OC)c(Br)cc1Br. The van der Waals surface area contributed by atoms with E-state index in [2.05, 4.69) is 48.8 Å². The molecule has 146 valence electrons. The quantitative estimate of drug-likeness (QED) is 0.496. The molecule has 3 aliphatic carbocycles. The lowest BCUT2D eigenvalue weighted by Gasteiger charge is -2.62. The summed E-state index contributed by atoms with van der Waals surface area (Å²) in [5, 5.41) is 3.62. The Kier molecular flexibility index (Phi) is 6.39. The lowest BCUT2D eigenvalue weighted by atomic mass is 9.50. The van der Waals surface area contributed by atoms with Crippen molar-refractivity contribution in [1.82, 2.24) is 10.0 Å². The standard InChI is InChI=1S/C18H26Br2N2O3S/c1-3-4-5-13(11-21-18-8-12(9-18)10-18)22-26(23,24)17-7-16(25-2)14(19)6-15(17)20/h6-7,12-13,21-22H,3-5,8-11H2,1-2H3. The molecule has 2 N–H and O–H groups in total. The van der Waals surface area contributed by atoms with E-state index in [-0.39, 0.29) is 10.9 Å². The van der Waals surface area contributed by atoms with E-state index in [9.17, 15) is 8.42 Å². The number of benzene rings is 1. The summed E-state index contributed by atoms with van der Waals surface area (Å²) in [6.45, 7) is 2.80. The van der Waals surface area contributed by atoms with Gasteiger partial charge in [-0.3, -0.25) is 0 Å². The van der Waals surface area contributed by atoms with E-state index in [4.69, 9.17) is 4.74 Å². The highest BCUT2D eigenvalue weighted by Crippen LogP contribution is 2.56. The highest BCUT2D eigenvalue weighted by molar-refractivity contribution is 9.11. The molecule has 0 heterocycles. The first-order valence-electron chi connectivity index (χ1n) is 9.09. The minimum absolute atomic E-state index is 0.115. The number of methoxy groups -OCH3 is 1. The summed E-state index contributed by atoms with van der Waals surface area (Å²) >= 11 is 6.74. The second kappa shape index (κ2) is 8.07. The monoisotopic (exact) mass is 508 g/mol. The molecule has 1 aromatic carbocycles. The number of hydrogen-bond donors (Lipinski definition) is 2. The summed E-state index contributed by atoms with van der Waals surface area (Å²) in [5.74, 6) is 1.39. The smallest absolute Gasteiger partial charge is 0.242 e. The maximum absolute atomic E-state index is 13.0. The molecule has 3 aliphatic rings. The third kappa shape index (κ3) is 4.29. The van der Waals surface area contributed by atoms with Crippen molar-refractivity contribution in [2.75, 3.05) is 13.7 Å². The first-order chi connectivity index (χ1) is 12.3. The Hall–Kier alpha value is -0.150. The van der Waals surface area contributed by atoms with Crippen LogP contribution in [0.3, 0.4) is 0 Å². The minimum atomic E-state index is -3.65. The maximum atomic E-state index is 13.0. The van der Waals surface area contributed by atoms with Crippen molar-refractivity contribution in [1.29, 1.82) is 0 Å². The molecule has 0 radical (unpaired) electrons. The van der Waals surface area contributed by atoms with Crippen molar-refractivity contribution in [3.8, 4) is 5.75 Å². The van der Waals surface area contributed by atoms with Crippen molar-refractivity contribution < 1.29 is 13.2 Å². The largest absolute Gasteiger partial charge is 0.496 e. The molecule has 1 atom stereocenters. The minimum Gasteiger partial charge on any atom is -0.496 e. The normalized spacial score (nSPS) is 25.3. The molecule has 0 spiro atoms. The average Bonchev–Trinajstić information content (AvgIpc) is 2.49. The fourth-order valence-electron chi connectivity index (χ4n) is 3.84. The molecule has 26 heavy (non-hydrogen) atoms. The van der Waals surface area contributed by atoms with Crippen LogP contribution in [0.1, 0.15) is 45.4 Å². The van der Waals surface area contributed by atoms with Crippen LogP contribution in [-0.4, -0.2) is 33.7 Å². The summed E-state index contributed by atoms with van der Waals surface area (Å²) in [7, 11) is -2.13. The van der Waals surface area contributed by atoms with Gasteiger partial charge >= 0.3 is 0 Å². The fourth-order valence-corrected chi connectivity index (χ4v) is 6.98. The summed E-state index contributed by atoms with van der Waals surface area (Å²) in [6.07, 6.45) is 6.60. The molecular weight excluding hydrogens is 484 g/mol. The van der Waals surface area contributed by atoms with E-state index in [1.807, 2.05) is 0 Å². The van der Waals surface area contributed by atoms with Crippen molar-refractivity contribution >= 4 is 41.9 Å². The second-order valence-corrected chi connectivity index (χ2v) is 10.9. The Bertz CT molecular complexity index is 753. The van der Waals surface area contributed by atoms with Gasteiger partial charge in [-0.25, -0.2) is 13.1 Å². The molecule has 3 fully saturated rings. The van der Waals surface area contributed by atoms with Crippen LogP contribution in [-0.2, 0) is 10.0 Å². The van der Waals surface area contributed by atoms with Gasteiger partial charge in [-0.05, 0) is 69.5 Å². The predicted molar refractivity (Wildman–Crippen MR) is 110 cm³/mol.